The molecule has 3 heteroatoms. The standard InChI is InChI=1S/C9H18N2O/c1-9(2)7-10-3-5-11(8-12)6-4-10/h8-9H,3-7H2,1-2H3. The molecule has 70 valence electrons. The lowest BCUT2D eigenvalue weighted by Crippen LogP contribution is -2.46. The first-order valence-corrected chi connectivity index (χ1v) is 4.64. The van der Waals surface area contributed by atoms with E-state index in [1.54, 1.807) is 0 Å². The number of hydrogen-bond donors (Lipinski definition) is 0. The Morgan fingerprint density at radius 1 is 1.25 bits per heavy atom. The molecule has 0 aromatic heterocycles. The highest BCUT2D eigenvalue weighted by molar-refractivity contribution is 5.47. The summed E-state index contributed by atoms with van der Waals surface area (Å²) in [6.45, 7) is 9.49. The lowest BCUT2D eigenvalue weighted by atomic mass is 10.2. The minimum absolute atomic E-state index is 0.729. The van der Waals surface area contributed by atoms with E-state index in [-0.39, 0.29) is 0 Å². The van der Waals surface area contributed by atoms with Gasteiger partial charge in [0.15, 0.2) is 0 Å². The van der Waals surface area contributed by atoms with Crippen molar-refractivity contribution in [2.75, 3.05) is 32.7 Å². The van der Waals surface area contributed by atoms with E-state index in [2.05, 4.69) is 18.7 Å². The van der Waals surface area contributed by atoms with Gasteiger partial charge in [-0.2, -0.15) is 0 Å². The number of amides is 1. The summed E-state index contributed by atoms with van der Waals surface area (Å²) >= 11 is 0. The van der Waals surface area contributed by atoms with Gasteiger partial charge < -0.3 is 4.90 Å². The van der Waals surface area contributed by atoms with Crippen molar-refractivity contribution < 1.29 is 4.79 Å². The van der Waals surface area contributed by atoms with Gasteiger partial charge in [0, 0.05) is 32.7 Å². The summed E-state index contributed by atoms with van der Waals surface area (Å²) in [5.41, 5.74) is 0. The third kappa shape index (κ3) is 2.81. The molecule has 0 saturated carbocycles. The van der Waals surface area contributed by atoms with Gasteiger partial charge in [0.1, 0.15) is 0 Å². The first kappa shape index (κ1) is 9.52. The Hall–Kier alpha value is -0.570. The van der Waals surface area contributed by atoms with Crippen molar-refractivity contribution in [1.29, 1.82) is 0 Å². The van der Waals surface area contributed by atoms with E-state index in [4.69, 9.17) is 0 Å². The molecule has 0 bridgehead atoms. The number of nitrogens with zero attached hydrogens (tertiary/aromatic N) is 2. The van der Waals surface area contributed by atoms with Gasteiger partial charge in [-0.1, -0.05) is 13.8 Å². The van der Waals surface area contributed by atoms with Gasteiger partial charge >= 0.3 is 0 Å². The van der Waals surface area contributed by atoms with Crippen LogP contribution in [0.3, 0.4) is 0 Å². The van der Waals surface area contributed by atoms with Crippen LogP contribution in [0.2, 0.25) is 0 Å². The lowest BCUT2D eigenvalue weighted by Gasteiger charge is -2.33. The van der Waals surface area contributed by atoms with Crippen molar-refractivity contribution in [3.8, 4) is 0 Å². The molecule has 0 N–H and O–H groups in total. The van der Waals surface area contributed by atoms with Crippen molar-refractivity contribution in [2.24, 2.45) is 5.92 Å². The minimum atomic E-state index is 0.729. The monoisotopic (exact) mass is 170 g/mol. The molecule has 1 fully saturated rings. The number of piperazine rings is 1. The normalized spacial score (nSPS) is 20.1. The molecule has 0 radical (unpaired) electrons. The molecule has 0 aliphatic carbocycles. The molecule has 1 saturated heterocycles. The zero-order chi connectivity index (χ0) is 8.97. The van der Waals surface area contributed by atoms with Crippen molar-refractivity contribution >= 4 is 6.41 Å². The van der Waals surface area contributed by atoms with E-state index in [1.165, 1.54) is 0 Å². The summed E-state index contributed by atoms with van der Waals surface area (Å²) in [4.78, 5) is 14.7. The fourth-order valence-corrected chi connectivity index (χ4v) is 1.57. The summed E-state index contributed by atoms with van der Waals surface area (Å²) in [5, 5.41) is 0. The van der Waals surface area contributed by atoms with E-state index in [1.807, 2.05) is 4.90 Å². The van der Waals surface area contributed by atoms with Crippen molar-refractivity contribution in [3.05, 3.63) is 0 Å². The van der Waals surface area contributed by atoms with E-state index < -0.39 is 0 Å². The minimum Gasteiger partial charge on any atom is -0.343 e. The Labute approximate surface area is 74.3 Å². The van der Waals surface area contributed by atoms with E-state index in [0.29, 0.717) is 0 Å². The number of carbonyl (C=O) groups is 1. The molecule has 12 heavy (non-hydrogen) atoms. The fourth-order valence-electron chi connectivity index (χ4n) is 1.57. The molecule has 0 spiro atoms. The van der Waals surface area contributed by atoms with Gasteiger partial charge in [0.25, 0.3) is 0 Å². The van der Waals surface area contributed by atoms with Crippen LogP contribution >= 0.6 is 0 Å². The molecule has 3 nitrogen and oxygen atoms in total. The quantitative estimate of drug-likeness (QED) is 0.573. The van der Waals surface area contributed by atoms with Gasteiger partial charge in [0.05, 0.1) is 0 Å². The van der Waals surface area contributed by atoms with Crippen LogP contribution in [-0.4, -0.2) is 48.9 Å². The highest BCUT2D eigenvalue weighted by atomic mass is 16.1. The Balaban J connectivity index is 2.21. The largest absolute Gasteiger partial charge is 0.343 e. The summed E-state index contributed by atoms with van der Waals surface area (Å²) in [5.74, 6) is 0.729. The molecule has 0 atom stereocenters. The van der Waals surface area contributed by atoms with Gasteiger partial charge in [-0.15, -0.1) is 0 Å². The fraction of sp³-hybridized carbons (Fsp3) is 0.889. The van der Waals surface area contributed by atoms with Gasteiger partial charge in [-0.25, -0.2) is 0 Å². The van der Waals surface area contributed by atoms with Crippen molar-refractivity contribution in [1.82, 2.24) is 9.80 Å². The smallest absolute Gasteiger partial charge is 0.209 e. The van der Waals surface area contributed by atoms with Gasteiger partial charge in [0.2, 0.25) is 6.41 Å². The summed E-state index contributed by atoms with van der Waals surface area (Å²) in [6, 6.07) is 0. The molecule has 1 heterocycles. The Bertz CT molecular complexity index is 139. The molecular weight excluding hydrogens is 152 g/mol. The molecule has 1 amide bonds. The first-order chi connectivity index (χ1) is 5.72. The van der Waals surface area contributed by atoms with Crippen LogP contribution in [0.25, 0.3) is 0 Å². The second-order valence-electron chi connectivity index (χ2n) is 3.84. The van der Waals surface area contributed by atoms with Crippen LogP contribution < -0.4 is 0 Å². The van der Waals surface area contributed by atoms with E-state index in [9.17, 15) is 4.79 Å². The van der Waals surface area contributed by atoms with Crippen LogP contribution in [0.15, 0.2) is 0 Å². The maximum Gasteiger partial charge on any atom is 0.209 e. The zero-order valence-corrected chi connectivity index (χ0v) is 7.99. The predicted octanol–water partition coefficient (Wildman–Crippen LogP) is 0.416. The molecule has 0 aromatic rings. The third-order valence-corrected chi connectivity index (χ3v) is 2.18. The van der Waals surface area contributed by atoms with Crippen LogP contribution in [0.1, 0.15) is 13.8 Å². The summed E-state index contributed by atoms with van der Waals surface area (Å²) in [7, 11) is 0. The Morgan fingerprint density at radius 2 is 1.83 bits per heavy atom. The maximum absolute atomic E-state index is 10.4. The van der Waals surface area contributed by atoms with Crippen molar-refractivity contribution in [2.45, 2.75) is 13.8 Å². The lowest BCUT2D eigenvalue weighted by molar-refractivity contribution is -0.119. The predicted molar refractivity (Wildman–Crippen MR) is 48.9 cm³/mol. The number of rotatable bonds is 3. The first-order valence-electron chi connectivity index (χ1n) is 4.64. The highest BCUT2D eigenvalue weighted by Gasteiger charge is 2.15. The van der Waals surface area contributed by atoms with Crippen LogP contribution in [0.4, 0.5) is 0 Å². The maximum atomic E-state index is 10.4. The number of hydrogen-bond acceptors (Lipinski definition) is 2. The average molecular weight is 170 g/mol. The molecule has 1 rings (SSSR count). The highest BCUT2D eigenvalue weighted by Crippen LogP contribution is 2.03. The molecule has 0 unspecified atom stereocenters. The van der Waals surface area contributed by atoms with Crippen LogP contribution in [0, 0.1) is 5.92 Å². The summed E-state index contributed by atoms with van der Waals surface area (Å²) < 4.78 is 0. The second-order valence-corrected chi connectivity index (χ2v) is 3.84. The number of carbonyl (C=O) groups excluding carboxylic acids is 1. The molecular formula is C9H18N2O. The average Bonchev–Trinajstić information content (AvgIpc) is 2.05. The Morgan fingerprint density at radius 3 is 2.25 bits per heavy atom. The zero-order valence-electron chi connectivity index (χ0n) is 7.99. The SMILES string of the molecule is CC(C)CN1CCN(C=O)CC1. The molecule has 1 aliphatic heterocycles. The van der Waals surface area contributed by atoms with Crippen LogP contribution in [0.5, 0.6) is 0 Å². The van der Waals surface area contributed by atoms with Gasteiger partial charge in [-0.05, 0) is 5.92 Å². The summed E-state index contributed by atoms with van der Waals surface area (Å²) in [6.07, 6.45) is 0.951. The van der Waals surface area contributed by atoms with Crippen molar-refractivity contribution in [3.63, 3.8) is 0 Å². The molecule has 1 aliphatic rings. The third-order valence-electron chi connectivity index (χ3n) is 2.18. The van der Waals surface area contributed by atoms with Crippen LogP contribution in [-0.2, 0) is 4.79 Å². The van der Waals surface area contributed by atoms with E-state index >= 15 is 0 Å². The van der Waals surface area contributed by atoms with Gasteiger partial charge in [-0.3, -0.25) is 9.69 Å². The van der Waals surface area contributed by atoms with E-state index in [0.717, 1.165) is 45.1 Å². The Kier molecular flexibility index (Phi) is 3.53. The second kappa shape index (κ2) is 4.45. The topological polar surface area (TPSA) is 23.6 Å². The molecule has 0 aromatic carbocycles.